The van der Waals surface area contributed by atoms with Gasteiger partial charge in [0.25, 0.3) is 0 Å². The standard InChI is InChI=1S/C14H23NO3/c1-16-13-7-6-12(10-14(13)17-2)11-18-9-5-3-4-8-15/h6-7,10H,3-5,8-9,11,15H2,1-2H3. The van der Waals surface area contributed by atoms with E-state index in [-0.39, 0.29) is 0 Å². The first-order chi connectivity index (χ1) is 8.81. The lowest BCUT2D eigenvalue weighted by atomic mass is 10.2. The molecule has 1 aromatic carbocycles. The highest BCUT2D eigenvalue weighted by molar-refractivity contribution is 5.42. The Labute approximate surface area is 109 Å². The van der Waals surface area contributed by atoms with Gasteiger partial charge >= 0.3 is 0 Å². The van der Waals surface area contributed by atoms with E-state index in [1.54, 1.807) is 14.2 Å². The third-order valence-electron chi connectivity index (χ3n) is 2.71. The summed E-state index contributed by atoms with van der Waals surface area (Å²) in [5, 5.41) is 0. The minimum Gasteiger partial charge on any atom is -0.493 e. The van der Waals surface area contributed by atoms with Crippen molar-refractivity contribution in [2.45, 2.75) is 25.9 Å². The van der Waals surface area contributed by atoms with E-state index in [2.05, 4.69) is 0 Å². The Morgan fingerprint density at radius 3 is 2.44 bits per heavy atom. The second-order valence-electron chi connectivity index (χ2n) is 4.09. The van der Waals surface area contributed by atoms with E-state index < -0.39 is 0 Å². The van der Waals surface area contributed by atoms with Crippen LogP contribution in [0.2, 0.25) is 0 Å². The molecule has 0 radical (unpaired) electrons. The Morgan fingerprint density at radius 2 is 1.78 bits per heavy atom. The summed E-state index contributed by atoms with van der Waals surface area (Å²) < 4.78 is 16.0. The number of rotatable bonds is 9. The number of ether oxygens (including phenoxy) is 3. The highest BCUT2D eigenvalue weighted by Crippen LogP contribution is 2.27. The maximum atomic E-state index is 5.60. The fourth-order valence-electron chi connectivity index (χ4n) is 1.69. The third-order valence-corrected chi connectivity index (χ3v) is 2.71. The first-order valence-corrected chi connectivity index (χ1v) is 6.30. The van der Waals surface area contributed by atoms with Crippen LogP contribution < -0.4 is 15.2 Å². The molecule has 1 rings (SSSR count). The Morgan fingerprint density at radius 1 is 1.00 bits per heavy atom. The molecule has 0 amide bonds. The summed E-state index contributed by atoms with van der Waals surface area (Å²) >= 11 is 0. The maximum Gasteiger partial charge on any atom is 0.161 e. The maximum absolute atomic E-state index is 5.60. The molecule has 0 fully saturated rings. The summed E-state index contributed by atoms with van der Waals surface area (Å²) in [6, 6.07) is 5.83. The average Bonchev–Trinajstić information content (AvgIpc) is 2.42. The summed E-state index contributed by atoms with van der Waals surface area (Å²) in [6.07, 6.45) is 3.26. The van der Waals surface area contributed by atoms with Crippen LogP contribution in [0.3, 0.4) is 0 Å². The Bertz CT molecular complexity index is 342. The van der Waals surface area contributed by atoms with Gasteiger partial charge in [0.15, 0.2) is 11.5 Å². The van der Waals surface area contributed by atoms with Crippen LogP contribution in [0, 0.1) is 0 Å². The molecule has 0 saturated carbocycles. The summed E-state index contributed by atoms with van der Waals surface area (Å²) in [4.78, 5) is 0. The summed E-state index contributed by atoms with van der Waals surface area (Å²) in [6.45, 7) is 2.13. The van der Waals surface area contributed by atoms with E-state index in [1.165, 1.54) is 0 Å². The number of nitrogens with two attached hydrogens (primary N) is 1. The van der Waals surface area contributed by atoms with E-state index in [9.17, 15) is 0 Å². The summed E-state index contributed by atoms with van der Waals surface area (Å²) in [5.41, 5.74) is 6.52. The van der Waals surface area contributed by atoms with Crippen molar-refractivity contribution < 1.29 is 14.2 Å². The smallest absolute Gasteiger partial charge is 0.161 e. The van der Waals surface area contributed by atoms with Crippen molar-refractivity contribution in [1.82, 2.24) is 0 Å². The number of hydrogen-bond acceptors (Lipinski definition) is 4. The minimum atomic E-state index is 0.600. The molecule has 4 nitrogen and oxygen atoms in total. The predicted octanol–water partition coefficient (Wildman–Crippen LogP) is 2.35. The van der Waals surface area contributed by atoms with Crippen molar-refractivity contribution in [2.24, 2.45) is 5.73 Å². The lowest BCUT2D eigenvalue weighted by Crippen LogP contribution is -2.00. The molecule has 0 aliphatic heterocycles. The average molecular weight is 253 g/mol. The molecule has 18 heavy (non-hydrogen) atoms. The zero-order valence-electron chi connectivity index (χ0n) is 11.3. The predicted molar refractivity (Wildman–Crippen MR) is 72.1 cm³/mol. The lowest BCUT2D eigenvalue weighted by Gasteiger charge is -2.10. The quantitative estimate of drug-likeness (QED) is 0.686. The number of benzene rings is 1. The largest absolute Gasteiger partial charge is 0.493 e. The fraction of sp³-hybridized carbons (Fsp3) is 0.571. The Kier molecular flexibility index (Phi) is 7.22. The monoisotopic (exact) mass is 253 g/mol. The lowest BCUT2D eigenvalue weighted by molar-refractivity contribution is 0.117. The SMILES string of the molecule is COc1ccc(COCCCCCN)cc1OC. The van der Waals surface area contributed by atoms with Gasteiger partial charge in [0, 0.05) is 6.61 Å². The molecule has 0 aliphatic carbocycles. The van der Waals surface area contributed by atoms with Gasteiger partial charge in [0.05, 0.1) is 20.8 Å². The summed E-state index contributed by atoms with van der Waals surface area (Å²) in [7, 11) is 3.26. The highest BCUT2D eigenvalue weighted by Gasteiger charge is 2.04. The molecular weight excluding hydrogens is 230 g/mol. The molecule has 1 aromatic rings. The highest BCUT2D eigenvalue weighted by atomic mass is 16.5. The van der Waals surface area contributed by atoms with Gasteiger partial charge < -0.3 is 19.9 Å². The number of methoxy groups -OCH3 is 2. The van der Waals surface area contributed by atoms with Crippen LogP contribution in [0.25, 0.3) is 0 Å². The van der Waals surface area contributed by atoms with Gasteiger partial charge in [-0.3, -0.25) is 0 Å². The summed E-state index contributed by atoms with van der Waals surface area (Å²) in [5.74, 6) is 1.48. The molecule has 0 saturated heterocycles. The molecule has 0 bridgehead atoms. The zero-order valence-corrected chi connectivity index (χ0v) is 11.3. The van der Waals surface area contributed by atoms with E-state index >= 15 is 0 Å². The third kappa shape index (κ3) is 4.94. The van der Waals surface area contributed by atoms with E-state index in [0.717, 1.165) is 49.5 Å². The molecule has 0 heterocycles. The van der Waals surface area contributed by atoms with Crippen LogP contribution in [0.1, 0.15) is 24.8 Å². The van der Waals surface area contributed by atoms with Gasteiger partial charge in [-0.15, -0.1) is 0 Å². The van der Waals surface area contributed by atoms with Gasteiger partial charge in [-0.2, -0.15) is 0 Å². The van der Waals surface area contributed by atoms with Crippen molar-refractivity contribution in [3.63, 3.8) is 0 Å². The molecule has 4 heteroatoms. The molecule has 0 unspecified atom stereocenters. The van der Waals surface area contributed by atoms with Crippen LogP contribution in [0.15, 0.2) is 18.2 Å². The van der Waals surface area contributed by atoms with Crippen molar-refractivity contribution in [3.05, 3.63) is 23.8 Å². The zero-order chi connectivity index (χ0) is 13.2. The van der Waals surface area contributed by atoms with Crippen molar-refractivity contribution in [1.29, 1.82) is 0 Å². The van der Waals surface area contributed by atoms with Crippen LogP contribution in [0.5, 0.6) is 11.5 Å². The van der Waals surface area contributed by atoms with Gasteiger partial charge in [-0.05, 0) is 43.5 Å². The van der Waals surface area contributed by atoms with Crippen LogP contribution in [0.4, 0.5) is 0 Å². The topological polar surface area (TPSA) is 53.7 Å². The van der Waals surface area contributed by atoms with Gasteiger partial charge in [-0.25, -0.2) is 0 Å². The number of hydrogen-bond donors (Lipinski definition) is 1. The first-order valence-electron chi connectivity index (χ1n) is 6.30. The molecule has 0 aliphatic rings. The van der Waals surface area contributed by atoms with Crippen LogP contribution in [-0.2, 0) is 11.3 Å². The van der Waals surface area contributed by atoms with Crippen molar-refractivity contribution >= 4 is 0 Å². The molecular formula is C14H23NO3. The van der Waals surface area contributed by atoms with E-state index in [1.807, 2.05) is 18.2 Å². The normalized spacial score (nSPS) is 10.4. The van der Waals surface area contributed by atoms with Crippen LogP contribution >= 0.6 is 0 Å². The number of unbranched alkanes of at least 4 members (excludes halogenated alkanes) is 2. The van der Waals surface area contributed by atoms with Gasteiger partial charge in [-0.1, -0.05) is 6.07 Å². The van der Waals surface area contributed by atoms with Crippen LogP contribution in [-0.4, -0.2) is 27.4 Å². The molecule has 0 atom stereocenters. The second kappa shape index (κ2) is 8.78. The molecule has 2 N–H and O–H groups in total. The van der Waals surface area contributed by atoms with Gasteiger partial charge in [0.2, 0.25) is 0 Å². The molecule has 0 aromatic heterocycles. The Balaban J connectivity index is 2.34. The first kappa shape index (κ1) is 14.8. The second-order valence-corrected chi connectivity index (χ2v) is 4.09. The molecule has 102 valence electrons. The van der Waals surface area contributed by atoms with E-state index in [0.29, 0.717) is 6.61 Å². The van der Waals surface area contributed by atoms with Crippen molar-refractivity contribution in [2.75, 3.05) is 27.4 Å². The van der Waals surface area contributed by atoms with Crippen molar-refractivity contribution in [3.8, 4) is 11.5 Å². The molecule has 0 spiro atoms. The van der Waals surface area contributed by atoms with Gasteiger partial charge in [0.1, 0.15) is 0 Å². The Hall–Kier alpha value is -1.26. The fourth-order valence-corrected chi connectivity index (χ4v) is 1.69. The minimum absolute atomic E-state index is 0.600. The van der Waals surface area contributed by atoms with E-state index in [4.69, 9.17) is 19.9 Å².